The lowest BCUT2D eigenvalue weighted by atomic mass is 9.58. The van der Waals surface area contributed by atoms with Crippen molar-refractivity contribution in [2.45, 2.75) is 90.5 Å². The van der Waals surface area contributed by atoms with Crippen LogP contribution in [0.4, 0.5) is 0 Å². The summed E-state index contributed by atoms with van der Waals surface area (Å²) in [5.74, 6) is 2.23. The molecule has 2 heteroatoms. The van der Waals surface area contributed by atoms with Crippen LogP contribution < -0.4 is 4.57 Å². The summed E-state index contributed by atoms with van der Waals surface area (Å²) < 4.78 is 5.17. The highest BCUT2D eigenvalue weighted by molar-refractivity contribution is 5.74. The Morgan fingerprint density at radius 3 is 2.29 bits per heavy atom. The Kier molecular flexibility index (Phi) is 4.52. The lowest BCUT2D eigenvalue weighted by Gasteiger charge is -2.50. The molecule has 0 saturated heterocycles. The summed E-state index contributed by atoms with van der Waals surface area (Å²) in [6.45, 7) is 16.7. The number of imidazole rings is 1. The summed E-state index contributed by atoms with van der Waals surface area (Å²) in [6.07, 6.45) is 8.14. The molecule has 0 saturated carbocycles. The fourth-order valence-corrected chi connectivity index (χ4v) is 7.05. The van der Waals surface area contributed by atoms with Crippen LogP contribution in [0.5, 0.6) is 0 Å². The molecule has 31 heavy (non-hydrogen) atoms. The second kappa shape index (κ2) is 6.82. The Labute approximate surface area is 187 Å². The largest absolute Gasteiger partial charge is 0.295 e. The second-order valence-electron chi connectivity index (χ2n) is 10.2. The van der Waals surface area contributed by atoms with Crippen molar-refractivity contribution in [3.05, 3.63) is 71.0 Å². The van der Waals surface area contributed by atoms with Crippen LogP contribution in [0.2, 0.25) is 0 Å². The van der Waals surface area contributed by atoms with Crippen molar-refractivity contribution in [3.8, 4) is 17.1 Å². The summed E-state index contributed by atoms with van der Waals surface area (Å²) in [5, 5.41) is 0. The van der Waals surface area contributed by atoms with Gasteiger partial charge in [-0.2, -0.15) is 4.57 Å². The molecular weight excluding hydrogens is 376 g/mol. The van der Waals surface area contributed by atoms with Gasteiger partial charge in [0.15, 0.2) is 0 Å². The standard InChI is InChI=1S/C29H37N2/c1-8-28(7)29(9-2,10-3)24-16-12-14-22-20(6)23-15-11-13-21(19(4)5)26(23)30-17-18-31(28)27(30)25(22)24/h11-20H,8-10H2,1-7H3/q+1. The molecule has 1 aromatic heterocycles. The first-order chi connectivity index (χ1) is 14.9. The van der Waals surface area contributed by atoms with Gasteiger partial charge in [0.25, 0.3) is 5.82 Å². The third kappa shape index (κ3) is 2.31. The maximum atomic E-state index is 2.64. The maximum Gasteiger partial charge on any atom is 0.295 e. The minimum atomic E-state index is 0.0449. The van der Waals surface area contributed by atoms with Gasteiger partial charge in [0.05, 0.1) is 5.56 Å². The number of rotatable bonds is 4. The smallest absolute Gasteiger partial charge is 0.224 e. The van der Waals surface area contributed by atoms with E-state index in [1.54, 1.807) is 5.56 Å². The lowest BCUT2D eigenvalue weighted by Crippen LogP contribution is -2.68. The summed E-state index contributed by atoms with van der Waals surface area (Å²) in [4.78, 5) is 0. The topological polar surface area (TPSA) is 8.81 Å². The zero-order valence-corrected chi connectivity index (χ0v) is 20.3. The molecule has 5 rings (SSSR count). The molecule has 0 aliphatic carbocycles. The Morgan fingerprint density at radius 1 is 0.968 bits per heavy atom. The molecule has 2 aliphatic heterocycles. The van der Waals surface area contributed by atoms with Crippen molar-refractivity contribution in [2.75, 3.05) is 0 Å². The van der Waals surface area contributed by atoms with Crippen molar-refractivity contribution < 1.29 is 4.57 Å². The van der Waals surface area contributed by atoms with E-state index in [0.29, 0.717) is 11.8 Å². The van der Waals surface area contributed by atoms with Crippen molar-refractivity contribution >= 4 is 0 Å². The molecule has 2 atom stereocenters. The molecule has 162 valence electrons. The predicted octanol–water partition coefficient (Wildman–Crippen LogP) is 7.22. The van der Waals surface area contributed by atoms with E-state index in [-0.39, 0.29) is 11.0 Å². The molecule has 2 aliphatic rings. The summed E-state index contributed by atoms with van der Waals surface area (Å²) in [5.41, 5.74) is 9.00. The van der Waals surface area contributed by atoms with Gasteiger partial charge >= 0.3 is 0 Å². The van der Waals surface area contributed by atoms with E-state index in [1.165, 1.54) is 33.8 Å². The van der Waals surface area contributed by atoms with Crippen molar-refractivity contribution in [1.29, 1.82) is 0 Å². The van der Waals surface area contributed by atoms with E-state index in [2.05, 4.69) is 106 Å². The van der Waals surface area contributed by atoms with E-state index in [0.717, 1.165) is 19.3 Å². The monoisotopic (exact) mass is 413 g/mol. The second-order valence-corrected chi connectivity index (χ2v) is 10.2. The Balaban J connectivity index is 2.00. The minimum Gasteiger partial charge on any atom is -0.224 e. The normalized spacial score (nSPS) is 22.8. The molecular formula is C29H37N2+. The number of fused-ring (bicyclic) bond motifs is 2. The van der Waals surface area contributed by atoms with Gasteiger partial charge in [-0.25, -0.2) is 4.57 Å². The van der Waals surface area contributed by atoms with E-state index in [4.69, 9.17) is 0 Å². The van der Waals surface area contributed by atoms with Crippen LogP contribution in [0.15, 0.2) is 48.8 Å². The first-order valence-corrected chi connectivity index (χ1v) is 12.3. The SMILES string of the molecule is CCC1(CC)c2cccc3c2-c2n(cc[n+]2C1(C)CC)-c1c(C(C)C)cccc1C3C. The molecule has 0 fully saturated rings. The first kappa shape index (κ1) is 20.5. The zero-order valence-electron chi connectivity index (χ0n) is 20.3. The number of hydrogen-bond donors (Lipinski definition) is 0. The number of para-hydroxylation sites is 1. The van der Waals surface area contributed by atoms with E-state index < -0.39 is 0 Å². The molecule has 0 radical (unpaired) electrons. The van der Waals surface area contributed by atoms with Gasteiger partial charge < -0.3 is 0 Å². The lowest BCUT2D eigenvalue weighted by molar-refractivity contribution is -0.765. The van der Waals surface area contributed by atoms with Gasteiger partial charge in [-0.15, -0.1) is 0 Å². The Morgan fingerprint density at radius 2 is 1.65 bits per heavy atom. The van der Waals surface area contributed by atoms with Gasteiger partial charge in [-0.1, -0.05) is 77.9 Å². The quantitative estimate of drug-likeness (QED) is 0.399. The fraction of sp³-hybridized carbons (Fsp3) is 0.483. The van der Waals surface area contributed by atoms with E-state index >= 15 is 0 Å². The molecule has 0 amide bonds. The van der Waals surface area contributed by atoms with Crippen LogP contribution in [-0.4, -0.2) is 4.57 Å². The van der Waals surface area contributed by atoms with Crippen molar-refractivity contribution in [1.82, 2.24) is 4.57 Å². The van der Waals surface area contributed by atoms with E-state index in [1.807, 2.05) is 0 Å². The molecule has 0 spiro atoms. The average Bonchev–Trinajstić information content (AvgIpc) is 3.20. The first-order valence-electron chi connectivity index (χ1n) is 12.3. The summed E-state index contributed by atoms with van der Waals surface area (Å²) in [7, 11) is 0. The summed E-state index contributed by atoms with van der Waals surface area (Å²) >= 11 is 0. The van der Waals surface area contributed by atoms with Crippen LogP contribution in [0.1, 0.15) is 102 Å². The minimum absolute atomic E-state index is 0.0449. The Bertz CT molecular complexity index is 1160. The van der Waals surface area contributed by atoms with Crippen LogP contribution in [0.3, 0.4) is 0 Å². The van der Waals surface area contributed by atoms with Crippen molar-refractivity contribution in [3.63, 3.8) is 0 Å². The number of hydrogen-bond acceptors (Lipinski definition) is 0. The number of aromatic nitrogens is 2. The van der Waals surface area contributed by atoms with Gasteiger partial charge in [-0.05, 0) is 43.2 Å². The van der Waals surface area contributed by atoms with Crippen molar-refractivity contribution in [2.24, 2.45) is 0 Å². The molecule has 3 aromatic rings. The molecule has 2 aromatic carbocycles. The molecule has 2 nitrogen and oxygen atoms in total. The highest BCUT2D eigenvalue weighted by Gasteiger charge is 2.58. The third-order valence-electron chi connectivity index (χ3n) is 9.01. The van der Waals surface area contributed by atoms with Crippen LogP contribution in [-0.2, 0) is 11.0 Å². The maximum absolute atomic E-state index is 2.64. The molecule has 0 N–H and O–H groups in total. The fourth-order valence-electron chi connectivity index (χ4n) is 7.05. The predicted molar refractivity (Wildman–Crippen MR) is 129 cm³/mol. The molecule has 3 heterocycles. The zero-order chi connectivity index (χ0) is 22.1. The highest BCUT2D eigenvalue weighted by Crippen LogP contribution is 2.55. The summed E-state index contributed by atoms with van der Waals surface area (Å²) in [6, 6.07) is 14.1. The third-order valence-corrected chi connectivity index (χ3v) is 9.01. The van der Waals surface area contributed by atoms with Crippen LogP contribution in [0, 0.1) is 0 Å². The van der Waals surface area contributed by atoms with Gasteiger partial charge in [0, 0.05) is 22.5 Å². The number of benzene rings is 2. The van der Waals surface area contributed by atoms with E-state index in [9.17, 15) is 0 Å². The molecule has 2 unspecified atom stereocenters. The average molecular weight is 414 g/mol. The van der Waals surface area contributed by atoms with Crippen LogP contribution in [0.25, 0.3) is 17.1 Å². The molecule has 0 bridgehead atoms. The highest BCUT2D eigenvalue weighted by atomic mass is 15.2. The van der Waals surface area contributed by atoms with Crippen LogP contribution >= 0.6 is 0 Å². The van der Waals surface area contributed by atoms with Gasteiger partial charge in [0.2, 0.25) is 0 Å². The van der Waals surface area contributed by atoms with Gasteiger partial charge in [-0.3, -0.25) is 0 Å². The Hall–Kier alpha value is -2.35. The number of nitrogens with zero attached hydrogens (tertiary/aromatic N) is 2. The van der Waals surface area contributed by atoms with Gasteiger partial charge in [0.1, 0.15) is 23.6 Å².